The lowest BCUT2D eigenvalue weighted by Crippen LogP contribution is -1.95. The van der Waals surface area contributed by atoms with E-state index >= 15 is 0 Å². The maximum atomic E-state index is 9.09. The lowest BCUT2D eigenvalue weighted by atomic mass is 10.1. The van der Waals surface area contributed by atoms with Crippen molar-refractivity contribution in [3.05, 3.63) is 113 Å². The molecule has 0 aliphatic carbocycles. The molecule has 0 saturated carbocycles. The van der Waals surface area contributed by atoms with Crippen LogP contribution in [0.3, 0.4) is 0 Å². The van der Waals surface area contributed by atoms with Crippen LogP contribution in [0.5, 0.6) is 5.75 Å². The van der Waals surface area contributed by atoms with Crippen molar-refractivity contribution in [2.75, 3.05) is 0 Å². The second kappa shape index (κ2) is 9.40. The van der Waals surface area contributed by atoms with E-state index in [2.05, 4.69) is 41.6 Å². The SMILES string of the molecule is N#Cc1ccccc1CO/N=C\c1ccc(OCc2ccc3ccccc3c2)cc1. The average Bonchev–Trinajstić information content (AvgIpc) is 2.81. The van der Waals surface area contributed by atoms with E-state index in [-0.39, 0.29) is 6.61 Å². The summed E-state index contributed by atoms with van der Waals surface area (Å²) >= 11 is 0. The summed E-state index contributed by atoms with van der Waals surface area (Å²) in [7, 11) is 0. The Balaban J connectivity index is 1.30. The van der Waals surface area contributed by atoms with Crippen LogP contribution in [0.25, 0.3) is 10.8 Å². The summed E-state index contributed by atoms with van der Waals surface area (Å²) in [6, 6.07) is 31.8. The van der Waals surface area contributed by atoms with Crippen LogP contribution in [-0.2, 0) is 18.1 Å². The minimum absolute atomic E-state index is 0.257. The Kier molecular flexibility index (Phi) is 6.02. The summed E-state index contributed by atoms with van der Waals surface area (Å²) in [5.41, 5.74) is 3.45. The van der Waals surface area contributed by atoms with Crippen LogP contribution in [-0.4, -0.2) is 6.21 Å². The van der Waals surface area contributed by atoms with E-state index in [4.69, 9.17) is 14.8 Å². The molecule has 146 valence electrons. The molecule has 4 heteroatoms. The molecule has 0 spiro atoms. The lowest BCUT2D eigenvalue weighted by Gasteiger charge is -2.07. The lowest BCUT2D eigenvalue weighted by molar-refractivity contribution is 0.132. The first-order valence-corrected chi connectivity index (χ1v) is 9.66. The second-order valence-corrected chi connectivity index (χ2v) is 6.82. The summed E-state index contributed by atoms with van der Waals surface area (Å²) in [6.07, 6.45) is 1.64. The van der Waals surface area contributed by atoms with Gasteiger partial charge in [0.25, 0.3) is 0 Å². The standard InChI is InChI=1S/C26H20N2O2/c27-16-24-7-3-4-8-25(24)19-30-28-17-20-10-13-26(14-11-20)29-18-21-9-12-22-5-1-2-6-23(22)15-21/h1-15,17H,18-19H2/b28-17-. The Bertz CT molecular complexity index is 1210. The van der Waals surface area contributed by atoms with Gasteiger partial charge in [0.05, 0.1) is 17.8 Å². The van der Waals surface area contributed by atoms with Crippen molar-refractivity contribution >= 4 is 17.0 Å². The molecule has 4 rings (SSSR count). The quantitative estimate of drug-likeness (QED) is 0.293. The van der Waals surface area contributed by atoms with Crippen LogP contribution < -0.4 is 4.74 Å². The second-order valence-electron chi connectivity index (χ2n) is 6.82. The fraction of sp³-hybridized carbons (Fsp3) is 0.0769. The molecule has 4 aromatic carbocycles. The number of benzene rings is 4. The largest absolute Gasteiger partial charge is 0.489 e. The van der Waals surface area contributed by atoms with E-state index in [1.807, 2.05) is 54.6 Å². The molecule has 0 saturated heterocycles. The number of nitrogens with zero attached hydrogens (tertiary/aromatic N) is 2. The Hall–Kier alpha value is -4.10. The van der Waals surface area contributed by atoms with Crippen molar-refractivity contribution in [3.8, 4) is 11.8 Å². The predicted octanol–water partition coefficient (Wildman–Crippen LogP) is 5.84. The molecule has 0 aromatic heterocycles. The zero-order chi connectivity index (χ0) is 20.6. The maximum Gasteiger partial charge on any atom is 0.143 e. The van der Waals surface area contributed by atoms with E-state index in [1.165, 1.54) is 10.8 Å². The van der Waals surface area contributed by atoms with Crippen molar-refractivity contribution in [1.29, 1.82) is 5.26 Å². The first kappa shape index (κ1) is 19.2. The number of ether oxygens (including phenoxy) is 1. The predicted molar refractivity (Wildman–Crippen MR) is 118 cm³/mol. The Morgan fingerprint density at radius 3 is 2.40 bits per heavy atom. The zero-order valence-corrected chi connectivity index (χ0v) is 16.4. The van der Waals surface area contributed by atoms with Crippen molar-refractivity contribution in [2.45, 2.75) is 13.2 Å². The number of fused-ring (bicyclic) bond motifs is 1. The third-order valence-electron chi connectivity index (χ3n) is 4.73. The van der Waals surface area contributed by atoms with Gasteiger partial charge in [-0.15, -0.1) is 0 Å². The van der Waals surface area contributed by atoms with Crippen LogP contribution in [0, 0.1) is 11.3 Å². The molecule has 0 unspecified atom stereocenters. The summed E-state index contributed by atoms with van der Waals surface area (Å²) in [5.74, 6) is 0.796. The Labute approximate surface area is 175 Å². The van der Waals surface area contributed by atoms with Crippen molar-refractivity contribution in [3.63, 3.8) is 0 Å². The number of hydrogen-bond acceptors (Lipinski definition) is 4. The highest BCUT2D eigenvalue weighted by Crippen LogP contribution is 2.18. The molecule has 0 bridgehead atoms. The average molecular weight is 392 g/mol. The first-order chi connectivity index (χ1) is 14.8. The van der Waals surface area contributed by atoms with Gasteiger partial charge < -0.3 is 9.57 Å². The number of oxime groups is 1. The molecule has 0 N–H and O–H groups in total. The van der Waals surface area contributed by atoms with E-state index in [0.717, 1.165) is 22.4 Å². The summed E-state index contributed by atoms with van der Waals surface area (Å²) in [4.78, 5) is 5.32. The molecule has 0 fully saturated rings. The summed E-state index contributed by atoms with van der Waals surface area (Å²) < 4.78 is 5.90. The molecule has 4 nitrogen and oxygen atoms in total. The minimum Gasteiger partial charge on any atom is -0.489 e. The van der Waals surface area contributed by atoms with Crippen LogP contribution >= 0.6 is 0 Å². The zero-order valence-electron chi connectivity index (χ0n) is 16.4. The van der Waals surface area contributed by atoms with E-state index in [9.17, 15) is 0 Å². The Morgan fingerprint density at radius 1 is 0.800 bits per heavy atom. The van der Waals surface area contributed by atoms with Gasteiger partial charge in [-0.2, -0.15) is 5.26 Å². The molecule has 4 aromatic rings. The molecule has 0 atom stereocenters. The highest BCUT2D eigenvalue weighted by atomic mass is 16.6. The van der Waals surface area contributed by atoms with Crippen molar-refractivity contribution < 1.29 is 9.57 Å². The van der Waals surface area contributed by atoms with Gasteiger partial charge in [-0.1, -0.05) is 59.8 Å². The smallest absolute Gasteiger partial charge is 0.143 e. The van der Waals surface area contributed by atoms with Gasteiger partial charge in [-0.05, 0) is 58.3 Å². The third kappa shape index (κ3) is 4.84. The normalized spacial score (nSPS) is 10.8. The van der Waals surface area contributed by atoms with Gasteiger partial charge in [-0.3, -0.25) is 0 Å². The summed E-state index contributed by atoms with van der Waals surface area (Å²) in [6.45, 7) is 0.771. The highest BCUT2D eigenvalue weighted by molar-refractivity contribution is 5.83. The van der Waals surface area contributed by atoms with Gasteiger partial charge in [0, 0.05) is 5.56 Å². The number of rotatable bonds is 7. The maximum absolute atomic E-state index is 9.09. The van der Waals surface area contributed by atoms with Crippen LogP contribution in [0.1, 0.15) is 22.3 Å². The minimum atomic E-state index is 0.257. The van der Waals surface area contributed by atoms with Crippen LogP contribution in [0.15, 0.2) is 96.2 Å². The molecule has 0 amide bonds. The van der Waals surface area contributed by atoms with Crippen molar-refractivity contribution in [1.82, 2.24) is 0 Å². The van der Waals surface area contributed by atoms with E-state index < -0.39 is 0 Å². The van der Waals surface area contributed by atoms with Crippen molar-refractivity contribution in [2.24, 2.45) is 5.16 Å². The van der Waals surface area contributed by atoms with Gasteiger partial charge in [0.2, 0.25) is 0 Å². The topological polar surface area (TPSA) is 54.6 Å². The number of nitriles is 1. The highest BCUT2D eigenvalue weighted by Gasteiger charge is 2.01. The van der Waals surface area contributed by atoms with Gasteiger partial charge in [0.1, 0.15) is 19.0 Å². The van der Waals surface area contributed by atoms with Gasteiger partial charge >= 0.3 is 0 Å². The Morgan fingerprint density at radius 2 is 1.57 bits per heavy atom. The monoisotopic (exact) mass is 392 g/mol. The van der Waals surface area contributed by atoms with Crippen LogP contribution in [0.2, 0.25) is 0 Å². The van der Waals surface area contributed by atoms with E-state index in [1.54, 1.807) is 12.3 Å². The third-order valence-corrected chi connectivity index (χ3v) is 4.73. The molecule has 30 heavy (non-hydrogen) atoms. The van der Waals surface area contributed by atoms with Gasteiger partial charge in [-0.25, -0.2) is 0 Å². The molecule has 0 aliphatic heterocycles. The molecule has 0 aliphatic rings. The molecule has 0 heterocycles. The molecule has 0 radical (unpaired) electrons. The van der Waals surface area contributed by atoms with E-state index in [0.29, 0.717) is 12.2 Å². The first-order valence-electron chi connectivity index (χ1n) is 9.66. The fourth-order valence-corrected chi connectivity index (χ4v) is 3.11. The number of hydrogen-bond donors (Lipinski definition) is 0. The van der Waals surface area contributed by atoms with Crippen LogP contribution in [0.4, 0.5) is 0 Å². The summed E-state index contributed by atoms with van der Waals surface area (Å²) in [5, 5.41) is 15.5. The van der Waals surface area contributed by atoms with Gasteiger partial charge in [0.15, 0.2) is 0 Å². The molecular formula is C26H20N2O2. The fourth-order valence-electron chi connectivity index (χ4n) is 3.11. The molecular weight excluding hydrogens is 372 g/mol.